The van der Waals surface area contributed by atoms with E-state index in [1.54, 1.807) is 0 Å². The maximum Gasteiger partial charge on any atom is 0.380 e. The van der Waals surface area contributed by atoms with Gasteiger partial charge in [0, 0.05) is 17.7 Å². The second-order valence-electron chi connectivity index (χ2n) is 3.47. The monoisotopic (exact) mass is 305 g/mol. The Hall–Kier alpha value is -1.66. The number of Topliss-reactive ketones (excluding diaryl/α,β-unsaturated/α-hetero) is 1. The molecule has 0 aliphatic heterocycles. The predicted molar refractivity (Wildman–Crippen MR) is 68.7 cm³/mol. The maximum absolute atomic E-state index is 11.7. The van der Waals surface area contributed by atoms with E-state index in [9.17, 15) is 19.7 Å². The molecule has 8 heteroatoms. The van der Waals surface area contributed by atoms with Gasteiger partial charge in [0.05, 0.1) is 16.7 Å². The average molecular weight is 306 g/mol. The van der Waals surface area contributed by atoms with Gasteiger partial charge in [-0.1, -0.05) is 12.1 Å². The van der Waals surface area contributed by atoms with Crippen molar-refractivity contribution in [3.63, 3.8) is 0 Å². The standard InChI is InChI=1S/C11H9Cl2NO5/c12-5-9(6-13)19-11(16)10(15)7-2-1-3-8(4-7)14(17)18/h1-4,9H,5-6H2. The highest BCUT2D eigenvalue weighted by molar-refractivity contribution is 6.40. The SMILES string of the molecule is O=C(OC(CCl)CCl)C(=O)c1cccc([N+](=O)[O-])c1. The third-order valence-corrected chi connectivity index (χ3v) is 2.81. The first-order valence-electron chi connectivity index (χ1n) is 5.11. The fourth-order valence-corrected chi connectivity index (χ4v) is 1.64. The Kier molecular flexibility index (Phi) is 5.72. The van der Waals surface area contributed by atoms with Crippen molar-refractivity contribution in [2.24, 2.45) is 0 Å². The van der Waals surface area contributed by atoms with Gasteiger partial charge in [0.25, 0.3) is 11.5 Å². The molecule has 0 atom stereocenters. The van der Waals surface area contributed by atoms with E-state index in [4.69, 9.17) is 27.9 Å². The zero-order chi connectivity index (χ0) is 14.4. The Labute approximate surface area is 118 Å². The van der Waals surface area contributed by atoms with Crippen LogP contribution in [0.1, 0.15) is 10.4 Å². The van der Waals surface area contributed by atoms with E-state index in [1.165, 1.54) is 18.2 Å². The fraction of sp³-hybridized carbons (Fsp3) is 0.273. The van der Waals surface area contributed by atoms with Crippen molar-refractivity contribution < 1.29 is 19.2 Å². The Balaban J connectivity index is 2.85. The highest BCUT2D eigenvalue weighted by atomic mass is 35.5. The molecule has 0 saturated heterocycles. The summed E-state index contributed by atoms with van der Waals surface area (Å²) >= 11 is 10.9. The van der Waals surface area contributed by atoms with Crippen LogP contribution < -0.4 is 0 Å². The summed E-state index contributed by atoms with van der Waals surface area (Å²) in [6.07, 6.45) is -0.779. The molecular formula is C11H9Cl2NO5. The third-order valence-electron chi connectivity index (χ3n) is 2.12. The van der Waals surface area contributed by atoms with E-state index < -0.39 is 22.8 Å². The van der Waals surface area contributed by atoms with Crippen LogP contribution in [0.3, 0.4) is 0 Å². The van der Waals surface area contributed by atoms with E-state index in [1.807, 2.05) is 0 Å². The van der Waals surface area contributed by atoms with Crippen LogP contribution in [0.15, 0.2) is 24.3 Å². The molecule has 1 aromatic carbocycles. The number of carbonyl (C=O) groups excluding carboxylic acids is 2. The number of rotatable bonds is 6. The van der Waals surface area contributed by atoms with Crippen LogP contribution >= 0.6 is 23.2 Å². The number of benzene rings is 1. The van der Waals surface area contributed by atoms with Crippen LogP contribution in [0.2, 0.25) is 0 Å². The number of esters is 1. The van der Waals surface area contributed by atoms with Crippen LogP contribution in [-0.4, -0.2) is 34.5 Å². The second kappa shape index (κ2) is 7.06. The number of halogens is 2. The van der Waals surface area contributed by atoms with Crippen molar-refractivity contribution in [3.8, 4) is 0 Å². The van der Waals surface area contributed by atoms with Gasteiger partial charge in [-0.15, -0.1) is 23.2 Å². The summed E-state index contributed by atoms with van der Waals surface area (Å²) in [6, 6.07) is 4.80. The summed E-state index contributed by atoms with van der Waals surface area (Å²) < 4.78 is 4.74. The van der Waals surface area contributed by atoms with Crippen LogP contribution in [0.4, 0.5) is 5.69 Å². The molecule has 0 radical (unpaired) electrons. The minimum Gasteiger partial charge on any atom is -0.454 e. The summed E-state index contributed by atoms with van der Waals surface area (Å²) in [6.45, 7) is 0. The minimum absolute atomic E-state index is 0.0442. The Morgan fingerprint density at radius 1 is 1.32 bits per heavy atom. The molecule has 0 saturated carbocycles. The topological polar surface area (TPSA) is 86.5 Å². The molecule has 0 fully saturated rings. The van der Waals surface area contributed by atoms with Crippen LogP contribution in [0.25, 0.3) is 0 Å². The molecule has 0 aliphatic carbocycles. The number of hydrogen-bond donors (Lipinski definition) is 0. The van der Waals surface area contributed by atoms with Gasteiger partial charge in [0.1, 0.15) is 6.10 Å². The molecule has 0 aromatic heterocycles. The molecular weight excluding hydrogens is 297 g/mol. The van der Waals surface area contributed by atoms with E-state index in [2.05, 4.69) is 0 Å². The van der Waals surface area contributed by atoms with Gasteiger partial charge < -0.3 is 4.74 Å². The quantitative estimate of drug-likeness (QED) is 0.201. The summed E-state index contributed by atoms with van der Waals surface area (Å²) in [5, 5.41) is 10.6. The summed E-state index contributed by atoms with van der Waals surface area (Å²) in [7, 11) is 0. The smallest absolute Gasteiger partial charge is 0.380 e. The summed E-state index contributed by atoms with van der Waals surface area (Å²) in [4.78, 5) is 33.1. The van der Waals surface area contributed by atoms with Gasteiger partial charge in [-0.2, -0.15) is 0 Å². The summed E-state index contributed by atoms with van der Waals surface area (Å²) in [5.74, 6) is -2.22. The summed E-state index contributed by atoms with van der Waals surface area (Å²) in [5.41, 5.74) is -0.410. The highest BCUT2D eigenvalue weighted by Gasteiger charge is 2.23. The molecule has 0 amide bonds. The van der Waals surface area contributed by atoms with Gasteiger partial charge in [0.2, 0.25) is 0 Å². The lowest BCUT2D eigenvalue weighted by molar-refractivity contribution is -0.384. The lowest BCUT2D eigenvalue weighted by Crippen LogP contribution is -2.26. The molecule has 1 aromatic rings. The molecule has 1 rings (SSSR count). The van der Waals surface area contributed by atoms with Crippen molar-refractivity contribution in [2.45, 2.75) is 6.10 Å². The number of nitrogens with zero attached hydrogens (tertiary/aromatic N) is 1. The molecule has 0 heterocycles. The number of hydrogen-bond acceptors (Lipinski definition) is 5. The highest BCUT2D eigenvalue weighted by Crippen LogP contribution is 2.14. The van der Waals surface area contributed by atoms with E-state index in [0.29, 0.717) is 0 Å². The van der Waals surface area contributed by atoms with Gasteiger partial charge >= 0.3 is 5.97 Å². The fourth-order valence-electron chi connectivity index (χ4n) is 1.19. The van der Waals surface area contributed by atoms with Crippen molar-refractivity contribution in [3.05, 3.63) is 39.9 Å². The van der Waals surface area contributed by atoms with Crippen LogP contribution in [0.5, 0.6) is 0 Å². The number of ether oxygens (including phenoxy) is 1. The lowest BCUT2D eigenvalue weighted by Gasteiger charge is -2.11. The maximum atomic E-state index is 11.7. The number of nitro benzene ring substituents is 1. The first-order chi connectivity index (χ1) is 8.99. The largest absolute Gasteiger partial charge is 0.454 e. The Morgan fingerprint density at radius 3 is 2.47 bits per heavy atom. The zero-order valence-corrected chi connectivity index (χ0v) is 11.1. The number of ketones is 1. The van der Waals surface area contributed by atoms with E-state index in [0.717, 1.165) is 6.07 Å². The predicted octanol–water partition coefficient (Wildman–Crippen LogP) is 2.17. The molecule has 0 N–H and O–H groups in total. The van der Waals surface area contributed by atoms with Crippen molar-refractivity contribution in [2.75, 3.05) is 11.8 Å². The van der Waals surface area contributed by atoms with Crippen LogP contribution in [-0.2, 0) is 9.53 Å². The number of non-ortho nitro benzene ring substituents is 1. The van der Waals surface area contributed by atoms with Crippen molar-refractivity contribution >= 4 is 40.6 Å². The van der Waals surface area contributed by atoms with Gasteiger partial charge in [-0.05, 0) is 0 Å². The Bertz CT molecular complexity index is 502. The second-order valence-corrected chi connectivity index (χ2v) is 4.09. The first-order valence-corrected chi connectivity index (χ1v) is 6.18. The molecule has 0 spiro atoms. The first kappa shape index (κ1) is 15.4. The lowest BCUT2D eigenvalue weighted by atomic mass is 10.1. The van der Waals surface area contributed by atoms with Crippen LogP contribution in [0, 0.1) is 10.1 Å². The molecule has 102 valence electrons. The molecule has 0 aliphatic rings. The Morgan fingerprint density at radius 2 is 1.95 bits per heavy atom. The molecule has 0 bridgehead atoms. The minimum atomic E-state index is -1.15. The van der Waals surface area contributed by atoms with Crippen molar-refractivity contribution in [1.29, 1.82) is 0 Å². The van der Waals surface area contributed by atoms with E-state index in [-0.39, 0.29) is 23.0 Å². The number of carbonyl (C=O) groups is 2. The molecule has 0 unspecified atom stereocenters. The van der Waals surface area contributed by atoms with Gasteiger partial charge in [-0.25, -0.2) is 4.79 Å². The number of alkyl halides is 2. The van der Waals surface area contributed by atoms with Gasteiger partial charge in [0.15, 0.2) is 0 Å². The zero-order valence-electron chi connectivity index (χ0n) is 9.55. The van der Waals surface area contributed by atoms with E-state index >= 15 is 0 Å². The third kappa shape index (κ3) is 4.18. The number of nitro groups is 1. The molecule has 6 nitrogen and oxygen atoms in total. The average Bonchev–Trinajstić information content (AvgIpc) is 2.43. The van der Waals surface area contributed by atoms with Gasteiger partial charge in [-0.3, -0.25) is 14.9 Å². The van der Waals surface area contributed by atoms with Crippen molar-refractivity contribution in [1.82, 2.24) is 0 Å². The normalized spacial score (nSPS) is 10.3. The molecule has 19 heavy (non-hydrogen) atoms.